The van der Waals surface area contributed by atoms with Crippen LogP contribution >= 0.6 is 11.3 Å². The number of fused-ring (bicyclic) bond motifs is 1. The highest BCUT2D eigenvalue weighted by atomic mass is 32.1. The highest BCUT2D eigenvalue weighted by molar-refractivity contribution is 7.17. The Kier molecular flexibility index (Phi) is 3.01. The Bertz CT molecular complexity index is 954. The van der Waals surface area contributed by atoms with E-state index in [9.17, 15) is 4.39 Å². The fourth-order valence-corrected chi connectivity index (χ4v) is 3.47. The van der Waals surface area contributed by atoms with E-state index in [0.717, 1.165) is 32.6 Å². The van der Waals surface area contributed by atoms with Crippen LogP contribution in [0.15, 0.2) is 54.2 Å². The highest BCUT2D eigenvalue weighted by Gasteiger charge is 2.15. The van der Waals surface area contributed by atoms with E-state index in [0.29, 0.717) is 0 Å². The molecule has 108 valence electrons. The first-order chi connectivity index (χ1) is 10.7. The molecule has 0 fully saturated rings. The number of hydrogen-bond acceptors (Lipinski definition) is 3. The highest BCUT2D eigenvalue weighted by Crippen LogP contribution is 2.36. The van der Waals surface area contributed by atoms with Crippen molar-refractivity contribution in [1.82, 2.24) is 14.8 Å². The van der Waals surface area contributed by atoms with E-state index < -0.39 is 0 Å². The summed E-state index contributed by atoms with van der Waals surface area (Å²) in [5, 5.41) is 6.59. The Morgan fingerprint density at radius 3 is 2.68 bits per heavy atom. The van der Waals surface area contributed by atoms with Crippen LogP contribution in [-0.4, -0.2) is 14.8 Å². The summed E-state index contributed by atoms with van der Waals surface area (Å²) in [5.74, 6) is -0.245. The van der Waals surface area contributed by atoms with E-state index in [1.54, 1.807) is 28.2 Å². The van der Waals surface area contributed by atoms with Crippen LogP contribution in [0.1, 0.15) is 0 Å². The third-order valence-electron chi connectivity index (χ3n) is 3.58. The molecule has 4 rings (SSSR count). The Balaban J connectivity index is 1.96. The summed E-state index contributed by atoms with van der Waals surface area (Å²) in [6.45, 7) is 0. The molecule has 0 bridgehead atoms. The number of rotatable bonds is 2. The lowest BCUT2D eigenvalue weighted by atomic mass is 10.0. The van der Waals surface area contributed by atoms with Gasteiger partial charge in [-0.25, -0.2) is 4.39 Å². The molecule has 22 heavy (non-hydrogen) atoms. The molecule has 0 radical (unpaired) electrons. The van der Waals surface area contributed by atoms with Crippen molar-refractivity contribution in [3.05, 3.63) is 60.0 Å². The van der Waals surface area contributed by atoms with Crippen LogP contribution < -0.4 is 0 Å². The fraction of sp³-hybridized carbons (Fsp3) is 0.0588. The molecule has 0 atom stereocenters. The van der Waals surface area contributed by atoms with Crippen molar-refractivity contribution >= 4 is 21.6 Å². The number of aromatic nitrogens is 3. The SMILES string of the molecule is Cn1cc(-c2ccnc3ccsc23)c(-c2ccc(F)cc2)n1. The third kappa shape index (κ3) is 2.10. The van der Waals surface area contributed by atoms with Gasteiger partial charge >= 0.3 is 0 Å². The fourth-order valence-electron chi connectivity index (χ4n) is 2.59. The van der Waals surface area contributed by atoms with Gasteiger partial charge in [0.25, 0.3) is 0 Å². The van der Waals surface area contributed by atoms with E-state index in [4.69, 9.17) is 0 Å². The second-order valence-corrected chi connectivity index (χ2v) is 5.98. The molecular formula is C17H12FN3S. The number of aryl methyl sites for hydroxylation is 1. The minimum absolute atomic E-state index is 0.245. The van der Waals surface area contributed by atoms with Crippen LogP contribution in [0.3, 0.4) is 0 Å². The molecule has 0 N–H and O–H groups in total. The lowest BCUT2D eigenvalue weighted by Gasteiger charge is -2.04. The lowest BCUT2D eigenvalue weighted by molar-refractivity contribution is 0.628. The average Bonchev–Trinajstić information content (AvgIpc) is 3.14. The first-order valence-electron chi connectivity index (χ1n) is 6.84. The Labute approximate surface area is 130 Å². The van der Waals surface area contributed by atoms with Crippen LogP contribution in [0.25, 0.3) is 32.6 Å². The Hall–Kier alpha value is -2.53. The summed E-state index contributed by atoms with van der Waals surface area (Å²) in [7, 11) is 1.89. The van der Waals surface area contributed by atoms with Crippen LogP contribution in [0.4, 0.5) is 4.39 Å². The summed E-state index contributed by atoms with van der Waals surface area (Å²) in [6.07, 6.45) is 3.80. The molecule has 3 nitrogen and oxygen atoms in total. The topological polar surface area (TPSA) is 30.7 Å². The summed E-state index contributed by atoms with van der Waals surface area (Å²) >= 11 is 1.66. The van der Waals surface area contributed by atoms with Gasteiger partial charge in [-0.15, -0.1) is 11.3 Å². The van der Waals surface area contributed by atoms with Crippen LogP contribution in [0.2, 0.25) is 0 Å². The van der Waals surface area contributed by atoms with Crippen LogP contribution in [-0.2, 0) is 7.05 Å². The Morgan fingerprint density at radius 2 is 1.86 bits per heavy atom. The van der Waals surface area contributed by atoms with E-state index in [-0.39, 0.29) is 5.82 Å². The third-order valence-corrected chi connectivity index (χ3v) is 4.52. The largest absolute Gasteiger partial charge is 0.275 e. The van der Waals surface area contributed by atoms with Crippen molar-refractivity contribution in [2.75, 3.05) is 0 Å². The van der Waals surface area contributed by atoms with Crippen molar-refractivity contribution in [2.45, 2.75) is 0 Å². The van der Waals surface area contributed by atoms with Crippen molar-refractivity contribution in [2.24, 2.45) is 7.05 Å². The van der Waals surface area contributed by atoms with Gasteiger partial charge in [0.15, 0.2) is 0 Å². The second kappa shape index (κ2) is 5.03. The van der Waals surface area contributed by atoms with Gasteiger partial charge in [-0.1, -0.05) is 0 Å². The quantitative estimate of drug-likeness (QED) is 0.546. The van der Waals surface area contributed by atoms with Crippen molar-refractivity contribution in [1.29, 1.82) is 0 Å². The minimum Gasteiger partial charge on any atom is -0.275 e. The van der Waals surface area contributed by atoms with Gasteiger partial charge in [0.1, 0.15) is 11.5 Å². The van der Waals surface area contributed by atoms with Crippen molar-refractivity contribution in [3.63, 3.8) is 0 Å². The summed E-state index contributed by atoms with van der Waals surface area (Å²) < 4.78 is 16.1. The minimum atomic E-state index is -0.245. The molecule has 0 aliphatic rings. The predicted molar refractivity (Wildman–Crippen MR) is 87.2 cm³/mol. The second-order valence-electron chi connectivity index (χ2n) is 5.07. The van der Waals surface area contributed by atoms with Crippen molar-refractivity contribution < 1.29 is 4.39 Å². The molecule has 1 aromatic carbocycles. The first kappa shape index (κ1) is 13.2. The standard InChI is InChI=1S/C17H12FN3S/c1-21-10-14(13-6-8-19-15-7-9-22-17(13)15)16(20-21)11-2-4-12(18)5-3-11/h2-10H,1H3. The number of benzene rings is 1. The number of hydrogen-bond donors (Lipinski definition) is 0. The zero-order chi connectivity index (χ0) is 15.1. The summed E-state index contributed by atoms with van der Waals surface area (Å²) in [6, 6.07) is 10.4. The molecule has 0 unspecified atom stereocenters. The number of thiophene rings is 1. The van der Waals surface area contributed by atoms with Gasteiger partial charge in [0, 0.05) is 36.1 Å². The van der Waals surface area contributed by atoms with Gasteiger partial charge in [0.2, 0.25) is 0 Å². The maximum atomic E-state index is 13.2. The molecule has 0 saturated heterocycles. The van der Waals surface area contributed by atoms with E-state index in [1.807, 2.05) is 37.0 Å². The van der Waals surface area contributed by atoms with Gasteiger partial charge < -0.3 is 0 Å². The molecular weight excluding hydrogens is 297 g/mol. The van der Waals surface area contributed by atoms with Crippen LogP contribution in [0, 0.1) is 5.82 Å². The normalized spacial score (nSPS) is 11.2. The van der Waals surface area contributed by atoms with E-state index in [1.165, 1.54) is 12.1 Å². The number of nitrogens with zero attached hydrogens (tertiary/aromatic N) is 3. The molecule has 0 aliphatic carbocycles. The predicted octanol–water partition coefficient (Wildman–Crippen LogP) is 4.50. The molecule has 3 heterocycles. The smallest absolute Gasteiger partial charge is 0.123 e. The lowest BCUT2D eigenvalue weighted by Crippen LogP contribution is -1.88. The summed E-state index contributed by atoms with van der Waals surface area (Å²) in [4.78, 5) is 4.38. The molecule has 0 saturated carbocycles. The number of pyridine rings is 1. The van der Waals surface area contributed by atoms with Gasteiger partial charge in [-0.3, -0.25) is 9.67 Å². The molecule has 0 aliphatic heterocycles. The zero-order valence-corrected chi connectivity index (χ0v) is 12.6. The molecule has 0 amide bonds. The maximum Gasteiger partial charge on any atom is 0.123 e. The Morgan fingerprint density at radius 1 is 1.05 bits per heavy atom. The monoisotopic (exact) mass is 309 g/mol. The molecule has 5 heteroatoms. The summed E-state index contributed by atoms with van der Waals surface area (Å²) in [5.41, 5.74) is 4.87. The van der Waals surface area contributed by atoms with E-state index >= 15 is 0 Å². The van der Waals surface area contributed by atoms with E-state index in [2.05, 4.69) is 10.1 Å². The molecule has 3 aromatic heterocycles. The van der Waals surface area contributed by atoms with Gasteiger partial charge in [-0.05, 0) is 41.8 Å². The average molecular weight is 309 g/mol. The van der Waals surface area contributed by atoms with Gasteiger partial charge in [0.05, 0.1) is 10.2 Å². The zero-order valence-electron chi connectivity index (χ0n) is 11.8. The van der Waals surface area contributed by atoms with Crippen molar-refractivity contribution in [3.8, 4) is 22.4 Å². The van der Waals surface area contributed by atoms with Gasteiger partial charge in [-0.2, -0.15) is 5.10 Å². The first-order valence-corrected chi connectivity index (χ1v) is 7.72. The molecule has 4 aromatic rings. The number of halogens is 1. The van der Waals surface area contributed by atoms with Crippen LogP contribution in [0.5, 0.6) is 0 Å². The maximum absolute atomic E-state index is 13.2. The molecule has 0 spiro atoms.